The van der Waals surface area contributed by atoms with Crippen LogP contribution in [0.25, 0.3) is 0 Å². The maximum absolute atomic E-state index is 12.6. The molecule has 0 aromatic heterocycles. The van der Waals surface area contributed by atoms with Gasteiger partial charge in [-0.1, -0.05) is 25.4 Å². The van der Waals surface area contributed by atoms with Crippen molar-refractivity contribution in [3.63, 3.8) is 0 Å². The van der Waals surface area contributed by atoms with Crippen LogP contribution in [0, 0.1) is 0 Å². The minimum Gasteiger partial charge on any atom is -0.496 e. The third kappa shape index (κ3) is 3.61. The molecule has 0 aliphatic rings. The highest BCUT2D eigenvalue weighted by Gasteiger charge is 2.22. The van der Waals surface area contributed by atoms with Crippen molar-refractivity contribution < 1.29 is 9.53 Å². The molecule has 1 aromatic carbocycles. The summed E-state index contributed by atoms with van der Waals surface area (Å²) in [5.41, 5.74) is 0.490. The molecule has 0 saturated carbocycles. The topological polar surface area (TPSA) is 32.8 Å². The Hall–Kier alpha value is -1.26. The molecule has 1 rings (SSSR count). The first-order valence-electron chi connectivity index (χ1n) is 6.49. The third-order valence-corrected chi connectivity index (χ3v) is 3.23. The van der Waals surface area contributed by atoms with Gasteiger partial charge in [0.2, 0.25) is 0 Å². The van der Waals surface area contributed by atoms with Gasteiger partial charge >= 0.3 is 0 Å². The molecule has 19 heavy (non-hydrogen) atoms. The zero-order valence-electron chi connectivity index (χ0n) is 11.9. The number of hydrogen-bond acceptors (Lipinski definition) is 3. The molecule has 0 spiro atoms. The molecule has 0 unspecified atom stereocenters. The summed E-state index contributed by atoms with van der Waals surface area (Å²) < 4.78 is 5.24. The summed E-state index contributed by atoms with van der Waals surface area (Å²) in [6, 6.07) is 5.07. The summed E-state index contributed by atoms with van der Waals surface area (Å²) in [5.74, 6) is 0.450. The van der Waals surface area contributed by atoms with Gasteiger partial charge in [-0.2, -0.15) is 0 Å². The monoisotopic (exact) mass is 284 g/mol. The van der Waals surface area contributed by atoms with E-state index < -0.39 is 0 Å². The van der Waals surface area contributed by atoms with E-state index in [4.69, 9.17) is 16.3 Å². The van der Waals surface area contributed by atoms with Gasteiger partial charge in [0.05, 0.1) is 12.7 Å². The van der Waals surface area contributed by atoms with Crippen LogP contribution in [0.4, 0.5) is 0 Å². The second kappa shape index (κ2) is 7.36. The van der Waals surface area contributed by atoms with E-state index in [0.717, 1.165) is 13.1 Å². The summed E-state index contributed by atoms with van der Waals surface area (Å²) in [5, 5.41) is 4.23. The van der Waals surface area contributed by atoms with E-state index in [0.29, 0.717) is 22.9 Å². The maximum atomic E-state index is 12.6. The van der Waals surface area contributed by atoms with Crippen molar-refractivity contribution >= 4 is 17.5 Å². The molecule has 0 atom stereocenters. The van der Waals surface area contributed by atoms with Crippen LogP contribution in [0.1, 0.15) is 31.1 Å². The van der Waals surface area contributed by atoms with E-state index >= 15 is 0 Å². The Morgan fingerprint density at radius 2 is 1.84 bits per heavy atom. The highest BCUT2D eigenvalue weighted by Crippen LogP contribution is 2.24. The molecule has 0 aliphatic carbocycles. The Bertz CT molecular complexity index is 433. The third-order valence-electron chi connectivity index (χ3n) is 3.00. The first kappa shape index (κ1) is 15.8. The van der Waals surface area contributed by atoms with E-state index in [2.05, 4.69) is 0 Å². The first-order valence-corrected chi connectivity index (χ1v) is 6.87. The Kier molecular flexibility index (Phi) is 6.12. The smallest absolute Gasteiger partial charge is 0.271 e. The number of benzene rings is 1. The molecular weight excluding hydrogens is 264 g/mol. The average Bonchev–Trinajstić information content (AvgIpc) is 2.43. The molecule has 0 fully saturated rings. The Balaban J connectivity index is 3.13. The van der Waals surface area contributed by atoms with E-state index in [-0.39, 0.29) is 5.91 Å². The van der Waals surface area contributed by atoms with Crippen LogP contribution in [0.2, 0.25) is 5.02 Å². The molecule has 5 heteroatoms. The minimum absolute atomic E-state index is 0.0921. The van der Waals surface area contributed by atoms with E-state index in [1.54, 1.807) is 30.3 Å². The van der Waals surface area contributed by atoms with Crippen LogP contribution in [-0.2, 0) is 0 Å². The molecule has 4 nitrogen and oxygen atoms in total. The normalized spacial score (nSPS) is 10.6. The fourth-order valence-corrected chi connectivity index (χ4v) is 2.20. The number of hydrogen-bond donors (Lipinski definition) is 0. The fraction of sp³-hybridized carbons (Fsp3) is 0.500. The summed E-state index contributed by atoms with van der Waals surface area (Å²) in [7, 11) is 1.55. The predicted octanol–water partition coefficient (Wildman–Crippen LogP) is 3.07. The van der Waals surface area contributed by atoms with Gasteiger partial charge in [0.1, 0.15) is 5.75 Å². The second-order valence-electron chi connectivity index (χ2n) is 4.00. The van der Waals surface area contributed by atoms with Crippen molar-refractivity contribution in [3.8, 4) is 5.75 Å². The molecule has 0 heterocycles. The molecule has 1 amide bonds. The van der Waals surface area contributed by atoms with Crippen molar-refractivity contribution in [2.75, 3.05) is 26.7 Å². The average molecular weight is 285 g/mol. The number of carbonyl (C=O) groups excluding carboxylic acids is 1. The summed E-state index contributed by atoms with van der Waals surface area (Å²) in [4.78, 5) is 12.6. The van der Waals surface area contributed by atoms with Gasteiger partial charge in [0, 0.05) is 24.7 Å². The van der Waals surface area contributed by atoms with Crippen LogP contribution in [0.3, 0.4) is 0 Å². The van der Waals surface area contributed by atoms with Crippen LogP contribution in [-0.4, -0.2) is 42.7 Å². The van der Waals surface area contributed by atoms with Gasteiger partial charge in [-0.05, 0) is 25.1 Å². The molecule has 0 N–H and O–H groups in total. The number of hydrazine groups is 1. The van der Waals surface area contributed by atoms with Crippen molar-refractivity contribution in [2.24, 2.45) is 0 Å². The quantitative estimate of drug-likeness (QED) is 0.753. The van der Waals surface area contributed by atoms with Crippen molar-refractivity contribution in [3.05, 3.63) is 28.8 Å². The lowest BCUT2D eigenvalue weighted by molar-refractivity contribution is -0.00137. The Morgan fingerprint density at radius 1 is 1.21 bits per heavy atom. The number of ether oxygens (including phenoxy) is 1. The van der Waals surface area contributed by atoms with Crippen LogP contribution >= 0.6 is 11.6 Å². The lowest BCUT2D eigenvalue weighted by Gasteiger charge is -2.32. The molecule has 1 aromatic rings. The van der Waals surface area contributed by atoms with Gasteiger partial charge in [-0.15, -0.1) is 0 Å². The Morgan fingerprint density at radius 3 is 2.32 bits per heavy atom. The molecule has 0 radical (unpaired) electrons. The summed E-state index contributed by atoms with van der Waals surface area (Å²) in [6.45, 7) is 8.16. The number of nitrogens with zero attached hydrogens (tertiary/aromatic N) is 2. The van der Waals surface area contributed by atoms with Crippen molar-refractivity contribution in [1.82, 2.24) is 10.0 Å². The number of rotatable bonds is 6. The van der Waals surface area contributed by atoms with Crippen LogP contribution < -0.4 is 4.74 Å². The SMILES string of the molecule is CCN(CC)N(CC)C(=O)c1cc(Cl)ccc1OC. The lowest BCUT2D eigenvalue weighted by atomic mass is 10.2. The maximum Gasteiger partial charge on any atom is 0.271 e. The molecule has 0 aliphatic heterocycles. The number of amides is 1. The van der Waals surface area contributed by atoms with E-state index in [1.807, 2.05) is 25.8 Å². The standard InChI is InChI=1S/C14H21ClN2O2/c1-5-16(6-2)17(7-3)14(18)12-10-11(15)8-9-13(12)19-4/h8-10H,5-7H2,1-4H3. The zero-order chi connectivity index (χ0) is 14.4. The van der Waals surface area contributed by atoms with Gasteiger partial charge in [0.15, 0.2) is 0 Å². The van der Waals surface area contributed by atoms with Gasteiger partial charge < -0.3 is 4.74 Å². The minimum atomic E-state index is -0.0921. The largest absolute Gasteiger partial charge is 0.496 e. The van der Waals surface area contributed by atoms with Crippen LogP contribution in [0.5, 0.6) is 5.75 Å². The molecule has 106 valence electrons. The van der Waals surface area contributed by atoms with Gasteiger partial charge in [-0.25, -0.2) is 5.01 Å². The number of halogens is 1. The Labute approximate surface area is 119 Å². The van der Waals surface area contributed by atoms with E-state index in [1.165, 1.54) is 0 Å². The first-order chi connectivity index (χ1) is 9.08. The van der Waals surface area contributed by atoms with Crippen molar-refractivity contribution in [2.45, 2.75) is 20.8 Å². The van der Waals surface area contributed by atoms with E-state index in [9.17, 15) is 4.79 Å². The summed E-state index contributed by atoms with van der Waals surface area (Å²) in [6.07, 6.45) is 0. The lowest BCUT2D eigenvalue weighted by Crippen LogP contribution is -2.46. The highest BCUT2D eigenvalue weighted by atomic mass is 35.5. The van der Waals surface area contributed by atoms with Crippen molar-refractivity contribution in [1.29, 1.82) is 0 Å². The molecule has 0 saturated heterocycles. The fourth-order valence-electron chi connectivity index (χ4n) is 2.02. The van der Waals surface area contributed by atoms with Gasteiger partial charge in [0.25, 0.3) is 5.91 Å². The molecule has 0 bridgehead atoms. The zero-order valence-corrected chi connectivity index (χ0v) is 12.7. The van der Waals surface area contributed by atoms with Gasteiger partial charge in [-0.3, -0.25) is 9.80 Å². The predicted molar refractivity (Wildman–Crippen MR) is 77.6 cm³/mol. The summed E-state index contributed by atoms with van der Waals surface area (Å²) >= 11 is 5.97. The molecular formula is C14H21ClN2O2. The number of methoxy groups -OCH3 is 1. The van der Waals surface area contributed by atoms with Crippen LogP contribution in [0.15, 0.2) is 18.2 Å². The second-order valence-corrected chi connectivity index (χ2v) is 4.44. The number of carbonyl (C=O) groups is 1. The highest BCUT2D eigenvalue weighted by molar-refractivity contribution is 6.31.